The first-order chi connectivity index (χ1) is 27.6. The molecule has 0 bridgehead atoms. The maximum absolute atomic E-state index is 7.04. The zero-order chi connectivity index (χ0) is 41.4. The molecule has 0 atom stereocenters. The van der Waals surface area contributed by atoms with Gasteiger partial charge in [0.05, 0.1) is 0 Å². The molecule has 9 aromatic rings. The smallest absolute Gasteiger partial charge is 0.136 e. The number of furan rings is 1. The molecular formula is C42H11B15O. The van der Waals surface area contributed by atoms with Gasteiger partial charge in [0.15, 0.2) is 0 Å². The zero-order valence-corrected chi connectivity index (χ0v) is 30.9. The monoisotopic (exact) mass is 696 g/mol. The highest BCUT2D eigenvalue weighted by Gasteiger charge is 2.28. The van der Waals surface area contributed by atoms with Crippen molar-refractivity contribution in [1.82, 2.24) is 0 Å². The van der Waals surface area contributed by atoms with Gasteiger partial charge in [-0.1, -0.05) is 92.2 Å². The molecule has 0 amide bonds. The van der Waals surface area contributed by atoms with Crippen LogP contribution in [-0.4, -0.2) is 118 Å². The average Bonchev–Trinajstić information content (AvgIpc) is 3.61. The van der Waals surface area contributed by atoms with E-state index in [2.05, 4.69) is 0 Å². The summed E-state index contributed by atoms with van der Waals surface area (Å²) >= 11 is 0. The summed E-state index contributed by atoms with van der Waals surface area (Å²) in [6.45, 7) is 0. The number of fused-ring (bicyclic) bond motifs is 6. The minimum Gasteiger partial charge on any atom is -0.456 e. The molecule has 0 aliphatic carbocycles. The van der Waals surface area contributed by atoms with E-state index in [-0.39, 0.29) is 115 Å². The van der Waals surface area contributed by atoms with Crippen LogP contribution >= 0.6 is 0 Å². The molecule has 9 rings (SSSR count). The molecule has 0 spiro atoms. The molecule has 8 aromatic carbocycles. The molecule has 0 aliphatic heterocycles. The lowest BCUT2D eigenvalue weighted by Gasteiger charge is -2.31. The van der Waals surface area contributed by atoms with Crippen molar-refractivity contribution in [2.24, 2.45) is 0 Å². The minimum atomic E-state index is -0.0421. The van der Waals surface area contributed by atoms with Crippen molar-refractivity contribution in [1.29, 1.82) is 0 Å². The minimum absolute atomic E-state index is 0.00287. The van der Waals surface area contributed by atoms with Crippen molar-refractivity contribution < 1.29 is 4.42 Å². The molecule has 0 aliphatic rings. The van der Waals surface area contributed by atoms with E-state index < -0.39 is 0 Å². The van der Waals surface area contributed by atoms with E-state index in [1.165, 1.54) is 0 Å². The number of rotatable bonds is 3. The Labute approximate surface area is 356 Å². The second kappa shape index (κ2) is 13.7. The Morgan fingerprint density at radius 1 is 0.276 bits per heavy atom. The Morgan fingerprint density at radius 3 is 1.21 bits per heavy atom. The van der Waals surface area contributed by atoms with Crippen LogP contribution in [0.25, 0.3) is 87.6 Å². The van der Waals surface area contributed by atoms with E-state index >= 15 is 0 Å². The molecule has 1 heterocycles. The fraction of sp³-hybridized carbons (Fsp3) is 0. The molecule has 0 N–H and O–H groups in total. The fourth-order valence-corrected chi connectivity index (χ4v) is 8.50. The van der Waals surface area contributed by atoms with E-state index in [1.54, 1.807) is 0 Å². The molecule has 1 nitrogen and oxygen atoms in total. The van der Waals surface area contributed by atoms with Gasteiger partial charge in [0.2, 0.25) is 0 Å². The summed E-state index contributed by atoms with van der Waals surface area (Å²) in [4.78, 5) is 0. The molecule has 16 heteroatoms. The maximum Gasteiger partial charge on any atom is 0.136 e. The summed E-state index contributed by atoms with van der Waals surface area (Å²) in [6, 6.07) is 21.6. The van der Waals surface area contributed by atoms with Gasteiger partial charge in [-0.2, -0.15) is 0 Å². The summed E-state index contributed by atoms with van der Waals surface area (Å²) in [6.07, 6.45) is 0. The van der Waals surface area contributed by atoms with Gasteiger partial charge >= 0.3 is 0 Å². The van der Waals surface area contributed by atoms with Crippen LogP contribution < -0.4 is 81.9 Å². The molecule has 30 radical (unpaired) electrons. The van der Waals surface area contributed by atoms with Crippen LogP contribution in [0, 0.1) is 0 Å². The van der Waals surface area contributed by atoms with E-state index in [9.17, 15) is 0 Å². The van der Waals surface area contributed by atoms with Crippen molar-refractivity contribution in [2.45, 2.75) is 0 Å². The van der Waals surface area contributed by atoms with Crippen LogP contribution in [0.2, 0.25) is 0 Å². The maximum atomic E-state index is 7.04. The van der Waals surface area contributed by atoms with Gasteiger partial charge in [0, 0.05) is 10.8 Å². The van der Waals surface area contributed by atoms with Gasteiger partial charge in [-0.15, -0.1) is 38.2 Å². The van der Waals surface area contributed by atoms with E-state index in [1.807, 2.05) is 66.7 Å². The number of hydrogen-bond acceptors (Lipinski definition) is 1. The van der Waals surface area contributed by atoms with E-state index in [0.717, 1.165) is 21.9 Å². The molecule has 0 saturated heterocycles. The summed E-state index contributed by atoms with van der Waals surface area (Å²) in [5.74, 6) is 0. The van der Waals surface area contributed by atoms with Crippen LogP contribution in [-0.2, 0) is 0 Å². The molecule has 58 heavy (non-hydrogen) atoms. The van der Waals surface area contributed by atoms with Crippen LogP contribution in [0.15, 0.2) is 71.1 Å². The molecule has 0 fully saturated rings. The van der Waals surface area contributed by atoms with Crippen LogP contribution in [0.4, 0.5) is 0 Å². The van der Waals surface area contributed by atoms with Gasteiger partial charge in [-0.3, -0.25) is 0 Å². The fourth-order valence-electron chi connectivity index (χ4n) is 8.50. The molecule has 1 aromatic heterocycles. The SMILES string of the molecule is [B]c1c([B])c([B])c2c(-c3c4c([B])c([B])c([B])c([B])c4c(-c4ccc5oc6cccc(-c7ccccc7)c6c5c4)c4c([B])c([B])c([B])c([B])c34)c([B])c([B])c([B])c2c1[B]. The third kappa shape index (κ3) is 5.18. The third-order valence-electron chi connectivity index (χ3n) is 11.5. The summed E-state index contributed by atoms with van der Waals surface area (Å²) in [5.41, 5.74) is 4.83. The predicted molar refractivity (Wildman–Crippen MR) is 263 cm³/mol. The number of hydrogen-bond donors (Lipinski definition) is 0. The van der Waals surface area contributed by atoms with Crippen molar-refractivity contribution in [3.05, 3.63) is 66.7 Å². The highest BCUT2D eigenvalue weighted by molar-refractivity contribution is 6.75. The number of benzene rings is 8. The topological polar surface area (TPSA) is 13.1 Å². The molecule has 0 unspecified atom stereocenters. The lowest BCUT2D eigenvalue weighted by molar-refractivity contribution is 0.669. The largest absolute Gasteiger partial charge is 0.456 e. The van der Waals surface area contributed by atoms with Crippen molar-refractivity contribution in [3.63, 3.8) is 0 Å². The van der Waals surface area contributed by atoms with Gasteiger partial charge in [-0.05, 0) is 83.9 Å². The lowest BCUT2D eigenvalue weighted by Crippen LogP contribution is -2.53. The van der Waals surface area contributed by atoms with Crippen molar-refractivity contribution in [2.75, 3.05) is 0 Å². The van der Waals surface area contributed by atoms with E-state index in [0.29, 0.717) is 33.1 Å². The van der Waals surface area contributed by atoms with Crippen LogP contribution in [0.1, 0.15) is 0 Å². The summed E-state index contributed by atoms with van der Waals surface area (Å²) in [5, 5.41) is 3.23. The average molecular weight is 694 g/mol. The Kier molecular flexibility index (Phi) is 9.16. The van der Waals surface area contributed by atoms with Crippen LogP contribution in [0.5, 0.6) is 0 Å². The van der Waals surface area contributed by atoms with Crippen molar-refractivity contribution >= 4 is 254 Å². The first-order valence-electron chi connectivity index (χ1n) is 17.9. The van der Waals surface area contributed by atoms with Gasteiger partial charge in [0.25, 0.3) is 0 Å². The highest BCUT2D eigenvalue weighted by Crippen LogP contribution is 2.44. The second-order valence-electron chi connectivity index (χ2n) is 14.4. The molecule has 230 valence electrons. The van der Waals surface area contributed by atoms with E-state index in [4.69, 9.17) is 122 Å². The Morgan fingerprint density at radius 2 is 0.707 bits per heavy atom. The first kappa shape index (κ1) is 38.8. The summed E-state index contributed by atoms with van der Waals surface area (Å²) in [7, 11) is 101. The Hall–Kier alpha value is -4.69. The Bertz CT molecular complexity index is 3250. The zero-order valence-electron chi connectivity index (χ0n) is 30.9. The second-order valence-corrected chi connectivity index (χ2v) is 14.4. The third-order valence-corrected chi connectivity index (χ3v) is 11.5. The quantitative estimate of drug-likeness (QED) is 0.133. The van der Waals surface area contributed by atoms with Gasteiger partial charge in [-0.25, -0.2) is 0 Å². The predicted octanol–water partition coefficient (Wildman–Crippen LogP) is -6.05. The summed E-state index contributed by atoms with van der Waals surface area (Å²) < 4.78 is 6.39. The molecule has 0 saturated carbocycles. The normalized spacial score (nSPS) is 11.8. The van der Waals surface area contributed by atoms with Gasteiger partial charge in [0.1, 0.15) is 129 Å². The first-order valence-corrected chi connectivity index (χ1v) is 17.9. The lowest BCUT2D eigenvalue weighted by atomic mass is 9.56. The standard InChI is InChI=1S/C42H11B15O/c43-28-21-18(13-9-10-16-15(11-13)19-14(7-4-8-17(19)58-16)12-5-2-1-3-6-12)22-24(32(47)40(55)38(53)29(22)44)20(23(21)31(46)39(54)37(28)52)25-26-27(34(49)36(51)30(25)45)35(50)42(57)41(56)33(26)48/h1-11H. The van der Waals surface area contributed by atoms with Gasteiger partial charge < -0.3 is 4.42 Å². The highest BCUT2D eigenvalue weighted by atomic mass is 16.3. The van der Waals surface area contributed by atoms with Crippen molar-refractivity contribution in [3.8, 4) is 33.4 Å². The Balaban J connectivity index is 1.58. The molecular weight excluding hydrogens is 683 g/mol. The van der Waals surface area contributed by atoms with Crippen LogP contribution in [0.3, 0.4) is 0 Å².